The summed E-state index contributed by atoms with van der Waals surface area (Å²) in [6.07, 6.45) is 1.07. The molecule has 0 radical (unpaired) electrons. The van der Waals surface area contributed by atoms with Gasteiger partial charge in [0.15, 0.2) is 0 Å². The molecule has 1 aliphatic heterocycles. The number of fused-ring (bicyclic) bond motifs is 1. The van der Waals surface area contributed by atoms with Crippen molar-refractivity contribution in [3.05, 3.63) is 64.4 Å². The zero-order chi connectivity index (χ0) is 16.5. The van der Waals surface area contributed by atoms with Crippen molar-refractivity contribution in [2.75, 3.05) is 11.9 Å². The monoisotopic (exact) mass is 337 g/mol. The van der Waals surface area contributed by atoms with E-state index in [0.29, 0.717) is 6.61 Å². The molecule has 4 rings (SSSR count). The lowest BCUT2D eigenvalue weighted by molar-refractivity contribution is 0.289. The summed E-state index contributed by atoms with van der Waals surface area (Å²) in [5.41, 5.74) is 2.95. The van der Waals surface area contributed by atoms with Gasteiger partial charge in [-0.3, -0.25) is 0 Å². The largest absolute Gasteiger partial charge is 0.508 e. The number of phenols is 1. The fourth-order valence-corrected chi connectivity index (χ4v) is 4.02. The molecular formula is C20H19NO2S. The number of aryl methyl sites for hydroxylation is 1. The van der Waals surface area contributed by atoms with Crippen molar-refractivity contribution in [2.45, 2.75) is 19.4 Å². The van der Waals surface area contributed by atoms with E-state index >= 15 is 0 Å². The molecular weight excluding hydrogens is 318 g/mol. The van der Waals surface area contributed by atoms with E-state index in [1.165, 1.54) is 9.75 Å². The molecule has 4 heteroatoms. The van der Waals surface area contributed by atoms with Crippen molar-refractivity contribution in [2.24, 2.45) is 0 Å². The molecule has 2 aromatic carbocycles. The van der Waals surface area contributed by atoms with Gasteiger partial charge in [-0.05, 0) is 42.3 Å². The van der Waals surface area contributed by atoms with Crippen molar-refractivity contribution >= 4 is 17.0 Å². The first-order chi connectivity index (χ1) is 11.7. The van der Waals surface area contributed by atoms with Gasteiger partial charge in [0.05, 0.1) is 11.7 Å². The Labute approximate surface area is 145 Å². The number of para-hydroxylation sites is 1. The van der Waals surface area contributed by atoms with Gasteiger partial charge in [0.1, 0.15) is 18.1 Å². The Morgan fingerprint density at radius 1 is 1.17 bits per heavy atom. The average molecular weight is 337 g/mol. The molecule has 1 aliphatic rings. The van der Waals surface area contributed by atoms with E-state index in [0.717, 1.165) is 29.0 Å². The Kier molecular flexibility index (Phi) is 3.90. The molecule has 1 aromatic heterocycles. The standard InChI is InChI=1S/C20H19NO2S/c1-2-15-9-10-19(24-15)18-12-23-20-16(7-4-8-17(20)21-18)13-5-3-6-14(22)11-13/h3-11,18,21-22H,2,12H2,1H3. The summed E-state index contributed by atoms with van der Waals surface area (Å²) in [4.78, 5) is 2.70. The summed E-state index contributed by atoms with van der Waals surface area (Å²) in [6.45, 7) is 2.78. The lowest BCUT2D eigenvalue weighted by Gasteiger charge is -2.28. The molecule has 0 bridgehead atoms. The molecule has 3 nitrogen and oxygen atoms in total. The minimum Gasteiger partial charge on any atom is -0.508 e. The minimum absolute atomic E-state index is 0.183. The van der Waals surface area contributed by atoms with E-state index in [9.17, 15) is 5.11 Å². The van der Waals surface area contributed by atoms with Crippen LogP contribution in [-0.2, 0) is 6.42 Å². The lowest BCUT2D eigenvalue weighted by atomic mass is 10.0. The number of hydrogen-bond donors (Lipinski definition) is 2. The van der Waals surface area contributed by atoms with Gasteiger partial charge in [0.2, 0.25) is 0 Å². The summed E-state index contributed by atoms with van der Waals surface area (Å²) in [5.74, 6) is 1.11. The third-order valence-corrected chi connectivity index (χ3v) is 5.61. The Morgan fingerprint density at radius 3 is 2.83 bits per heavy atom. The van der Waals surface area contributed by atoms with Crippen LogP contribution in [0.5, 0.6) is 11.5 Å². The number of phenolic OH excluding ortho intramolecular Hbond substituents is 1. The van der Waals surface area contributed by atoms with Crippen LogP contribution >= 0.6 is 11.3 Å². The van der Waals surface area contributed by atoms with Crippen LogP contribution in [0.2, 0.25) is 0 Å². The summed E-state index contributed by atoms with van der Waals surface area (Å²) < 4.78 is 6.12. The SMILES string of the molecule is CCc1ccc(C2COc3c(cccc3-c3cccc(O)c3)N2)s1. The Bertz CT molecular complexity index is 872. The van der Waals surface area contributed by atoms with E-state index in [1.54, 1.807) is 12.1 Å². The summed E-state index contributed by atoms with van der Waals surface area (Å²) >= 11 is 1.84. The van der Waals surface area contributed by atoms with Gasteiger partial charge in [0.25, 0.3) is 0 Å². The maximum atomic E-state index is 9.74. The van der Waals surface area contributed by atoms with Crippen molar-refractivity contribution < 1.29 is 9.84 Å². The van der Waals surface area contributed by atoms with Crippen molar-refractivity contribution in [1.29, 1.82) is 0 Å². The third kappa shape index (κ3) is 2.74. The zero-order valence-corrected chi connectivity index (χ0v) is 14.3. The molecule has 0 saturated heterocycles. The van der Waals surface area contributed by atoms with Gasteiger partial charge < -0.3 is 15.2 Å². The highest BCUT2D eigenvalue weighted by Gasteiger charge is 2.24. The van der Waals surface area contributed by atoms with Crippen LogP contribution in [0.25, 0.3) is 11.1 Å². The fraction of sp³-hybridized carbons (Fsp3) is 0.200. The van der Waals surface area contributed by atoms with Crippen molar-refractivity contribution in [1.82, 2.24) is 0 Å². The van der Waals surface area contributed by atoms with Gasteiger partial charge >= 0.3 is 0 Å². The molecule has 0 fully saturated rings. The van der Waals surface area contributed by atoms with Crippen LogP contribution in [0.1, 0.15) is 22.7 Å². The molecule has 1 unspecified atom stereocenters. The van der Waals surface area contributed by atoms with Gasteiger partial charge in [-0.15, -0.1) is 11.3 Å². The molecule has 3 aromatic rings. The summed E-state index contributed by atoms with van der Waals surface area (Å²) in [5, 5.41) is 13.3. The molecule has 0 saturated carbocycles. The Hall–Kier alpha value is -2.46. The van der Waals surface area contributed by atoms with Crippen LogP contribution in [-0.4, -0.2) is 11.7 Å². The normalized spacial score (nSPS) is 16.1. The highest BCUT2D eigenvalue weighted by Crippen LogP contribution is 2.42. The maximum Gasteiger partial charge on any atom is 0.150 e. The summed E-state index contributed by atoms with van der Waals surface area (Å²) in [7, 11) is 0. The molecule has 0 aliphatic carbocycles. The summed E-state index contributed by atoms with van der Waals surface area (Å²) in [6, 6.07) is 17.9. The van der Waals surface area contributed by atoms with Crippen LogP contribution in [0.3, 0.4) is 0 Å². The highest BCUT2D eigenvalue weighted by atomic mass is 32.1. The topological polar surface area (TPSA) is 41.5 Å². The number of nitrogens with one attached hydrogen (secondary N) is 1. The van der Waals surface area contributed by atoms with Crippen LogP contribution in [0, 0.1) is 0 Å². The van der Waals surface area contributed by atoms with Crippen LogP contribution in [0.15, 0.2) is 54.6 Å². The van der Waals surface area contributed by atoms with Gasteiger partial charge in [-0.2, -0.15) is 0 Å². The molecule has 24 heavy (non-hydrogen) atoms. The van der Waals surface area contributed by atoms with Crippen LogP contribution < -0.4 is 10.1 Å². The lowest BCUT2D eigenvalue weighted by Crippen LogP contribution is -2.23. The van der Waals surface area contributed by atoms with Crippen molar-refractivity contribution in [3.63, 3.8) is 0 Å². The minimum atomic E-state index is 0.183. The zero-order valence-electron chi connectivity index (χ0n) is 13.5. The molecule has 0 spiro atoms. The number of hydrogen-bond acceptors (Lipinski definition) is 4. The number of anilines is 1. The first-order valence-corrected chi connectivity index (χ1v) is 8.96. The van der Waals surface area contributed by atoms with E-state index in [4.69, 9.17) is 4.74 Å². The molecule has 1 atom stereocenters. The molecule has 0 amide bonds. The van der Waals surface area contributed by atoms with E-state index in [-0.39, 0.29) is 11.8 Å². The first kappa shape index (κ1) is 15.1. The predicted octanol–water partition coefficient (Wildman–Crippen LogP) is 5.23. The van der Waals surface area contributed by atoms with Gasteiger partial charge in [-0.1, -0.05) is 31.2 Å². The van der Waals surface area contributed by atoms with E-state index in [1.807, 2.05) is 41.7 Å². The Morgan fingerprint density at radius 2 is 2.04 bits per heavy atom. The number of ether oxygens (including phenoxy) is 1. The number of benzene rings is 2. The average Bonchev–Trinajstić information content (AvgIpc) is 3.10. The quantitative estimate of drug-likeness (QED) is 0.688. The first-order valence-electron chi connectivity index (χ1n) is 8.15. The highest BCUT2D eigenvalue weighted by molar-refractivity contribution is 7.12. The van der Waals surface area contributed by atoms with E-state index in [2.05, 4.69) is 24.4 Å². The molecule has 2 N–H and O–H groups in total. The number of thiophene rings is 1. The number of aromatic hydroxyl groups is 1. The second kappa shape index (κ2) is 6.21. The second-order valence-corrected chi connectivity index (χ2v) is 7.10. The fourth-order valence-electron chi connectivity index (χ4n) is 3.03. The third-order valence-electron chi connectivity index (χ3n) is 4.27. The maximum absolute atomic E-state index is 9.74. The van der Waals surface area contributed by atoms with Gasteiger partial charge in [-0.25, -0.2) is 0 Å². The molecule has 122 valence electrons. The van der Waals surface area contributed by atoms with Crippen LogP contribution in [0.4, 0.5) is 5.69 Å². The second-order valence-electron chi connectivity index (χ2n) is 5.90. The van der Waals surface area contributed by atoms with E-state index < -0.39 is 0 Å². The predicted molar refractivity (Wildman–Crippen MR) is 99.1 cm³/mol. The number of rotatable bonds is 3. The molecule has 2 heterocycles. The van der Waals surface area contributed by atoms with Crippen molar-refractivity contribution in [3.8, 4) is 22.6 Å². The van der Waals surface area contributed by atoms with Gasteiger partial charge in [0, 0.05) is 15.3 Å². The smallest absolute Gasteiger partial charge is 0.150 e. The Balaban J connectivity index is 1.67.